The zero-order valence-corrected chi connectivity index (χ0v) is 17.8. The van der Waals surface area contributed by atoms with E-state index in [9.17, 15) is 34.8 Å². The zero-order valence-electron chi connectivity index (χ0n) is 17.0. The van der Waals surface area contributed by atoms with E-state index in [1.165, 1.54) is 0 Å². The van der Waals surface area contributed by atoms with Gasteiger partial charge in [-0.2, -0.15) is 0 Å². The summed E-state index contributed by atoms with van der Waals surface area (Å²) in [5.41, 5.74) is -1.63. The van der Waals surface area contributed by atoms with Crippen molar-refractivity contribution in [2.75, 3.05) is 19.3 Å². The highest BCUT2D eigenvalue weighted by atomic mass is 32.2. The van der Waals surface area contributed by atoms with E-state index in [4.69, 9.17) is 4.84 Å². The lowest BCUT2D eigenvalue weighted by Gasteiger charge is -2.18. The molecule has 0 bridgehead atoms. The Kier molecular flexibility index (Phi) is 5.81. The first kappa shape index (κ1) is 23.4. The number of likely N-dealkylation sites (tertiary alicyclic amines) is 1. The lowest BCUT2D eigenvalue weighted by Crippen LogP contribution is -2.46. The molecule has 1 saturated heterocycles. The Morgan fingerprint density at radius 3 is 2.36 bits per heavy atom. The molecule has 2 aliphatic rings. The summed E-state index contributed by atoms with van der Waals surface area (Å²) in [5.74, 6) is -8.51. The van der Waals surface area contributed by atoms with Crippen LogP contribution < -0.4 is 4.72 Å². The normalized spacial score (nSPS) is 22.4. The average Bonchev–Trinajstić information content (AvgIpc) is 3.29. The van der Waals surface area contributed by atoms with Crippen molar-refractivity contribution < 1.29 is 39.6 Å². The fourth-order valence-corrected chi connectivity index (χ4v) is 4.67. The Morgan fingerprint density at radius 1 is 1.06 bits per heavy atom. The van der Waals surface area contributed by atoms with Crippen molar-refractivity contribution in [1.29, 1.82) is 0 Å². The molecule has 0 saturated carbocycles. The molecule has 0 spiro atoms. The molecule has 33 heavy (non-hydrogen) atoms. The second kappa shape index (κ2) is 8.20. The number of sulfonamides is 1. The zero-order chi connectivity index (χ0) is 24.1. The number of rotatable bonds is 4. The number of halogens is 6. The van der Waals surface area contributed by atoms with Crippen LogP contribution >= 0.6 is 0 Å². The van der Waals surface area contributed by atoms with Crippen LogP contribution in [0.4, 0.5) is 26.3 Å². The third-order valence-corrected chi connectivity index (χ3v) is 6.09. The predicted octanol–water partition coefficient (Wildman–Crippen LogP) is 3.55. The second-order valence-corrected chi connectivity index (χ2v) is 9.59. The van der Waals surface area contributed by atoms with Gasteiger partial charge in [0.15, 0.2) is 17.7 Å². The molecule has 0 radical (unpaired) electrons. The van der Waals surface area contributed by atoms with Crippen LogP contribution in [0.1, 0.15) is 18.1 Å². The molecule has 13 heteroatoms. The van der Waals surface area contributed by atoms with Crippen LogP contribution in [0.2, 0.25) is 0 Å². The first-order valence-corrected chi connectivity index (χ1v) is 11.5. The molecule has 4 rings (SSSR count). The van der Waals surface area contributed by atoms with Crippen molar-refractivity contribution in [3.63, 3.8) is 0 Å². The van der Waals surface area contributed by atoms with Crippen molar-refractivity contribution in [1.82, 2.24) is 9.62 Å². The highest BCUT2D eigenvalue weighted by Crippen LogP contribution is 2.40. The topological polar surface area (TPSA) is 71.0 Å². The molecule has 2 atom stereocenters. The maximum Gasteiger partial charge on any atom is 0.282 e. The molecule has 2 aromatic carbocycles. The number of nitrogens with one attached hydrogen (secondary N) is 1. The smallest absolute Gasteiger partial charge is 0.282 e. The Bertz CT molecular complexity index is 1220. The van der Waals surface area contributed by atoms with Gasteiger partial charge in [-0.15, -0.1) is 0 Å². The van der Waals surface area contributed by atoms with Gasteiger partial charge in [-0.05, 0) is 18.2 Å². The minimum absolute atomic E-state index is 0.00200. The highest BCUT2D eigenvalue weighted by molar-refractivity contribution is 7.88. The number of nitrogens with zero attached hydrogens (tertiary/aromatic N) is 2. The SMILES string of the molecule is CS(=O)(=O)N[C@@H]1CN(C2=NOC(c3ccc(F)c(F)c3-c3c(F)cccc3F)C2)CC1(F)F. The number of oxime groups is 1. The van der Waals surface area contributed by atoms with Crippen LogP contribution in [0.25, 0.3) is 11.1 Å². The van der Waals surface area contributed by atoms with E-state index in [1.54, 1.807) is 0 Å². The molecule has 6 nitrogen and oxygen atoms in total. The molecule has 178 valence electrons. The number of amidine groups is 1. The van der Waals surface area contributed by atoms with E-state index in [2.05, 4.69) is 5.16 Å². The molecule has 2 heterocycles. The minimum atomic E-state index is -3.91. The molecular formula is C20H17F6N3O3S. The van der Waals surface area contributed by atoms with Gasteiger partial charge in [0.05, 0.1) is 24.8 Å². The molecule has 0 aliphatic carbocycles. The second-order valence-electron chi connectivity index (χ2n) is 7.81. The summed E-state index contributed by atoms with van der Waals surface area (Å²) in [6.45, 7) is -1.27. The molecule has 1 unspecified atom stereocenters. The summed E-state index contributed by atoms with van der Waals surface area (Å²) in [5, 5.41) is 3.73. The maximum absolute atomic E-state index is 14.7. The summed E-state index contributed by atoms with van der Waals surface area (Å²) < 4.78 is 111. The van der Waals surface area contributed by atoms with E-state index in [0.29, 0.717) is 0 Å². The van der Waals surface area contributed by atoms with E-state index >= 15 is 0 Å². The summed E-state index contributed by atoms with van der Waals surface area (Å²) in [6, 6.07) is 2.95. The van der Waals surface area contributed by atoms with E-state index < -0.39 is 75.6 Å². The maximum atomic E-state index is 14.7. The largest absolute Gasteiger partial charge is 0.386 e. The Balaban J connectivity index is 1.62. The molecule has 1 fully saturated rings. The fraction of sp³-hybridized carbons (Fsp3) is 0.350. The van der Waals surface area contributed by atoms with Gasteiger partial charge in [0.1, 0.15) is 23.5 Å². The standard InChI is InChI=1S/C20H17F6N3O3S/c1-33(30,31)28-15-8-29(9-20(15,25)26)16-7-14(32-27-16)10-5-6-13(23)19(24)17(10)18-11(21)3-2-4-12(18)22/h2-6,14-15,28H,7-9H2,1H3/t14?,15-/m1/s1. The third kappa shape index (κ3) is 4.51. The minimum Gasteiger partial charge on any atom is -0.386 e. The number of benzene rings is 2. The van der Waals surface area contributed by atoms with E-state index in [0.717, 1.165) is 41.5 Å². The summed E-state index contributed by atoms with van der Waals surface area (Å²) in [7, 11) is -3.91. The van der Waals surface area contributed by atoms with Gasteiger partial charge in [0, 0.05) is 17.7 Å². The molecule has 1 N–H and O–H groups in total. The number of hydrogen-bond acceptors (Lipinski definition) is 5. The molecule has 2 aliphatic heterocycles. The molecule has 0 aromatic heterocycles. The molecular weight excluding hydrogens is 476 g/mol. The van der Waals surface area contributed by atoms with Crippen LogP contribution in [0, 0.1) is 23.3 Å². The van der Waals surface area contributed by atoms with Crippen LogP contribution in [0.15, 0.2) is 35.5 Å². The van der Waals surface area contributed by atoms with Crippen molar-refractivity contribution in [2.24, 2.45) is 5.16 Å². The lowest BCUT2D eigenvalue weighted by atomic mass is 9.93. The van der Waals surface area contributed by atoms with Crippen molar-refractivity contribution >= 4 is 15.9 Å². The van der Waals surface area contributed by atoms with Gasteiger partial charge in [0.25, 0.3) is 5.92 Å². The lowest BCUT2D eigenvalue weighted by molar-refractivity contribution is -0.00123. The Labute approximate surface area is 184 Å². The van der Waals surface area contributed by atoms with E-state index in [1.807, 2.05) is 4.72 Å². The molecule has 2 aromatic rings. The van der Waals surface area contributed by atoms with Crippen molar-refractivity contribution in [3.05, 3.63) is 59.2 Å². The van der Waals surface area contributed by atoms with Gasteiger partial charge in [-0.3, -0.25) is 0 Å². The number of hydrogen-bond donors (Lipinski definition) is 1. The van der Waals surface area contributed by atoms with Crippen molar-refractivity contribution in [3.8, 4) is 11.1 Å². The summed E-state index contributed by atoms with van der Waals surface area (Å²) in [6.07, 6.45) is -0.597. The molecule has 0 amide bonds. The first-order valence-electron chi connectivity index (χ1n) is 9.62. The van der Waals surface area contributed by atoms with Gasteiger partial charge in [-0.1, -0.05) is 17.3 Å². The van der Waals surface area contributed by atoms with Gasteiger partial charge in [-0.25, -0.2) is 39.5 Å². The number of alkyl halides is 2. The Morgan fingerprint density at radius 2 is 1.73 bits per heavy atom. The average molecular weight is 493 g/mol. The van der Waals surface area contributed by atoms with Gasteiger partial charge >= 0.3 is 0 Å². The quantitative estimate of drug-likeness (QED) is 0.662. The summed E-state index contributed by atoms with van der Waals surface area (Å²) in [4.78, 5) is 6.34. The summed E-state index contributed by atoms with van der Waals surface area (Å²) >= 11 is 0. The van der Waals surface area contributed by atoms with Crippen LogP contribution in [0.3, 0.4) is 0 Å². The van der Waals surface area contributed by atoms with Crippen LogP contribution in [-0.2, 0) is 14.9 Å². The van der Waals surface area contributed by atoms with Gasteiger partial charge in [0.2, 0.25) is 10.0 Å². The third-order valence-electron chi connectivity index (χ3n) is 5.38. The predicted molar refractivity (Wildman–Crippen MR) is 106 cm³/mol. The Hall–Kier alpha value is -2.80. The van der Waals surface area contributed by atoms with Crippen molar-refractivity contribution in [2.45, 2.75) is 24.5 Å². The van der Waals surface area contributed by atoms with E-state index in [-0.39, 0.29) is 17.8 Å². The van der Waals surface area contributed by atoms with Crippen LogP contribution in [-0.4, -0.2) is 50.5 Å². The van der Waals surface area contributed by atoms with Crippen LogP contribution in [0.5, 0.6) is 0 Å². The van der Waals surface area contributed by atoms with Gasteiger partial charge < -0.3 is 9.74 Å². The fourth-order valence-electron chi connectivity index (χ4n) is 3.90. The highest BCUT2D eigenvalue weighted by Gasteiger charge is 2.51. The monoisotopic (exact) mass is 493 g/mol. The first-order chi connectivity index (χ1) is 15.4.